The monoisotopic (exact) mass is 280 g/mol. The number of hydrogen-bond donors (Lipinski definition) is 2. The first-order valence-electron chi connectivity index (χ1n) is 5.71. The Morgan fingerprint density at radius 1 is 1.42 bits per heavy atom. The molecule has 0 radical (unpaired) electrons. The largest absolute Gasteiger partial charge is 0.341 e. The van der Waals surface area contributed by atoms with Crippen molar-refractivity contribution in [3.8, 4) is 12.3 Å². The van der Waals surface area contributed by atoms with Crippen LogP contribution in [-0.2, 0) is 10.0 Å². The van der Waals surface area contributed by atoms with Gasteiger partial charge in [0.25, 0.3) is 5.91 Å². The summed E-state index contributed by atoms with van der Waals surface area (Å²) in [6.07, 6.45) is 5.04. The molecule has 1 rings (SSSR count). The lowest BCUT2D eigenvalue weighted by Crippen LogP contribution is -2.30. The van der Waals surface area contributed by atoms with Gasteiger partial charge >= 0.3 is 0 Å². The third kappa shape index (κ3) is 4.39. The molecule has 0 aliphatic rings. The van der Waals surface area contributed by atoms with E-state index in [0.29, 0.717) is 0 Å². The van der Waals surface area contributed by atoms with Gasteiger partial charge in [0.05, 0.1) is 11.4 Å². The van der Waals surface area contributed by atoms with Crippen LogP contribution in [0.1, 0.15) is 24.2 Å². The molecule has 0 saturated carbocycles. The highest BCUT2D eigenvalue weighted by Crippen LogP contribution is 2.12. The van der Waals surface area contributed by atoms with Crippen LogP contribution in [0, 0.1) is 12.3 Å². The van der Waals surface area contributed by atoms with Crippen molar-refractivity contribution in [2.24, 2.45) is 0 Å². The zero-order valence-electron chi connectivity index (χ0n) is 10.8. The molecular weight excluding hydrogens is 264 g/mol. The summed E-state index contributed by atoms with van der Waals surface area (Å²) in [5.74, 6) is 1.87. The molecule has 0 aliphatic heterocycles. The number of rotatable bonds is 5. The van der Waals surface area contributed by atoms with E-state index in [9.17, 15) is 13.2 Å². The fraction of sp³-hybridized carbons (Fsp3) is 0.308. The van der Waals surface area contributed by atoms with E-state index in [1.165, 1.54) is 24.3 Å². The van der Waals surface area contributed by atoms with Crippen molar-refractivity contribution in [1.29, 1.82) is 0 Å². The van der Waals surface area contributed by atoms with E-state index >= 15 is 0 Å². The quantitative estimate of drug-likeness (QED) is 0.781. The minimum absolute atomic E-state index is 0.0505. The Bertz CT molecular complexity index is 601. The number of hydrogen-bond acceptors (Lipinski definition) is 3. The average Bonchev–Trinajstić information content (AvgIpc) is 2.34. The minimum atomic E-state index is -3.61. The summed E-state index contributed by atoms with van der Waals surface area (Å²) >= 11 is 0. The normalized spacial score (nSPS) is 11.1. The third-order valence-corrected chi connectivity index (χ3v) is 3.80. The Balaban J connectivity index is 3.01. The van der Waals surface area contributed by atoms with E-state index < -0.39 is 15.9 Å². The highest BCUT2D eigenvalue weighted by Gasteiger charge is 2.16. The molecule has 0 fully saturated rings. The standard InChI is InChI=1S/C13H16N2O3S/c1-4-8-14-13(16)11-6-5-7-12(9-11)19(17,18)15-10(2)3/h1,5-7,9-10,15H,8H2,2-3H3,(H,14,16). The van der Waals surface area contributed by atoms with E-state index in [-0.39, 0.29) is 23.0 Å². The summed E-state index contributed by atoms with van der Waals surface area (Å²) in [7, 11) is -3.61. The zero-order valence-corrected chi connectivity index (χ0v) is 11.6. The van der Waals surface area contributed by atoms with Gasteiger partial charge in [0.15, 0.2) is 0 Å². The second kappa shape index (κ2) is 6.36. The number of amides is 1. The van der Waals surface area contributed by atoms with Gasteiger partial charge in [-0.3, -0.25) is 4.79 Å². The maximum Gasteiger partial charge on any atom is 0.252 e. The summed E-state index contributed by atoms with van der Waals surface area (Å²) < 4.78 is 26.4. The number of terminal acetylenes is 1. The van der Waals surface area contributed by atoms with Crippen LogP contribution in [0.4, 0.5) is 0 Å². The molecule has 0 unspecified atom stereocenters. The molecule has 102 valence electrons. The molecule has 0 aromatic heterocycles. The smallest absolute Gasteiger partial charge is 0.252 e. The molecule has 1 aromatic carbocycles. The lowest BCUT2D eigenvalue weighted by molar-refractivity contribution is 0.0958. The summed E-state index contributed by atoms with van der Waals surface area (Å²) in [5.41, 5.74) is 0.252. The number of sulfonamides is 1. The summed E-state index contributed by atoms with van der Waals surface area (Å²) in [5, 5.41) is 2.48. The second-order valence-electron chi connectivity index (χ2n) is 4.19. The first-order valence-corrected chi connectivity index (χ1v) is 7.19. The number of benzene rings is 1. The van der Waals surface area contributed by atoms with Gasteiger partial charge in [-0.25, -0.2) is 13.1 Å². The van der Waals surface area contributed by atoms with E-state index in [2.05, 4.69) is 16.0 Å². The van der Waals surface area contributed by atoms with E-state index in [0.717, 1.165) is 0 Å². The zero-order chi connectivity index (χ0) is 14.5. The highest BCUT2D eigenvalue weighted by molar-refractivity contribution is 7.89. The van der Waals surface area contributed by atoms with Crippen molar-refractivity contribution in [3.63, 3.8) is 0 Å². The Kier molecular flexibility index (Phi) is 5.10. The van der Waals surface area contributed by atoms with Crippen molar-refractivity contribution >= 4 is 15.9 Å². The molecule has 0 aliphatic carbocycles. The molecule has 1 amide bonds. The second-order valence-corrected chi connectivity index (χ2v) is 5.90. The van der Waals surface area contributed by atoms with Gasteiger partial charge in [-0.1, -0.05) is 12.0 Å². The van der Waals surface area contributed by atoms with Crippen LogP contribution in [0.15, 0.2) is 29.2 Å². The van der Waals surface area contributed by atoms with Crippen molar-refractivity contribution < 1.29 is 13.2 Å². The Morgan fingerprint density at radius 2 is 2.11 bits per heavy atom. The SMILES string of the molecule is C#CCNC(=O)c1cccc(S(=O)(=O)NC(C)C)c1. The number of carbonyl (C=O) groups excluding carboxylic acids is 1. The number of nitrogens with one attached hydrogen (secondary N) is 2. The first kappa shape index (κ1) is 15.2. The fourth-order valence-corrected chi connectivity index (χ4v) is 2.71. The molecule has 5 nitrogen and oxygen atoms in total. The molecule has 0 heterocycles. The van der Waals surface area contributed by atoms with Gasteiger partial charge in [-0.05, 0) is 32.0 Å². The van der Waals surface area contributed by atoms with E-state index in [4.69, 9.17) is 6.42 Å². The molecule has 0 bridgehead atoms. The summed E-state index contributed by atoms with van der Waals surface area (Å²) in [4.78, 5) is 11.7. The van der Waals surface area contributed by atoms with Crippen LogP contribution in [0.5, 0.6) is 0 Å². The van der Waals surface area contributed by atoms with Gasteiger partial charge < -0.3 is 5.32 Å². The summed E-state index contributed by atoms with van der Waals surface area (Å²) in [6.45, 7) is 3.54. The van der Waals surface area contributed by atoms with Crippen LogP contribution < -0.4 is 10.0 Å². The van der Waals surface area contributed by atoms with Gasteiger partial charge in [-0.15, -0.1) is 6.42 Å². The van der Waals surface area contributed by atoms with Crippen LogP contribution in [-0.4, -0.2) is 26.9 Å². The molecule has 2 N–H and O–H groups in total. The van der Waals surface area contributed by atoms with Crippen LogP contribution in [0.2, 0.25) is 0 Å². The van der Waals surface area contributed by atoms with Crippen molar-refractivity contribution in [2.45, 2.75) is 24.8 Å². The molecule has 1 aromatic rings. The molecule has 6 heteroatoms. The molecule has 0 spiro atoms. The number of carbonyl (C=O) groups is 1. The summed E-state index contributed by atoms with van der Waals surface area (Å²) in [6, 6.07) is 5.57. The van der Waals surface area contributed by atoms with Crippen molar-refractivity contribution in [3.05, 3.63) is 29.8 Å². The first-order chi connectivity index (χ1) is 8.86. The van der Waals surface area contributed by atoms with Crippen molar-refractivity contribution in [1.82, 2.24) is 10.0 Å². The van der Waals surface area contributed by atoms with Crippen LogP contribution >= 0.6 is 0 Å². The predicted octanol–water partition coefficient (Wildman–Crippen LogP) is 0.736. The molecule has 19 heavy (non-hydrogen) atoms. The minimum Gasteiger partial charge on any atom is -0.341 e. The lowest BCUT2D eigenvalue weighted by Gasteiger charge is -2.10. The van der Waals surface area contributed by atoms with Gasteiger partial charge in [-0.2, -0.15) is 0 Å². The maximum absolute atomic E-state index is 12.0. The molecule has 0 atom stereocenters. The topological polar surface area (TPSA) is 75.3 Å². The molecule has 0 saturated heterocycles. The lowest BCUT2D eigenvalue weighted by atomic mass is 10.2. The Hall–Kier alpha value is -1.84. The maximum atomic E-state index is 12.0. The average molecular weight is 280 g/mol. The van der Waals surface area contributed by atoms with Gasteiger partial charge in [0, 0.05) is 11.6 Å². The van der Waals surface area contributed by atoms with Crippen molar-refractivity contribution in [2.75, 3.05) is 6.54 Å². The Morgan fingerprint density at radius 3 is 2.68 bits per heavy atom. The van der Waals surface area contributed by atoms with Crippen LogP contribution in [0.3, 0.4) is 0 Å². The third-order valence-electron chi connectivity index (χ3n) is 2.15. The van der Waals surface area contributed by atoms with Gasteiger partial charge in [0.2, 0.25) is 10.0 Å². The Labute approximate surface area is 113 Å². The fourth-order valence-electron chi connectivity index (χ4n) is 1.42. The van der Waals surface area contributed by atoms with E-state index in [1.54, 1.807) is 13.8 Å². The van der Waals surface area contributed by atoms with E-state index in [1.807, 2.05) is 0 Å². The van der Waals surface area contributed by atoms with Gasteiger partial charge in [0.1, 0.15) is 0 Å². The highest BCUT2D eigenvalue weighted by atomic mass is 32.2. The molecular formula is C13H16N2O3S. The van der Waals surface area contributed by atoms with Crippen LogP contribution in [0.25, 0.3) is 0 Å². The predicted molar refractivity (Wildman–Crippen MR) is 73.1 cm³/mol.